The number of carbonyl (C=O) groups is 1. The van der Waals surface area contributed by atoms with Gasteiger partial charge in [0.25, 0.3) is 0 Å². The van der Waals surface area contributed by atoms with Crippen LogP contribution in [0.1, 0.15) is 15.9 Å². The van der Waals surface area contributed by atoms with Gasteiger partial charge in [-0.15, -0.1) is 0 Å². The van der Waals surface area contributed by atoms with Crippen LogP contribution >= 0.6 is 63.7 Å². The van der Waals surface area contributed by atoms with E-state index in [0.29, 0.717) is 63.4 Å². The summed E-state index contributed by atoms with van der Waals surface area (Å²) >= 11 is 14.1. The molecule has 0 aromatic heterocycles. The first-order valence-corrected chi connectivity index (χ1v) is 13.0. The van der Waals surface area contributed by atoms with Crippen LogP contribution in [0.25, 0.3) is 0 Å². The molecule has 5 nitrogen and oxygen atoms in total. The minimum absolute atomic E-state index is 0.166. The van der Waals surface area contributed by atoms with Gasteiger partial charge >= 0.3 is 0 Å². The molecule has 0 radical (unpaired) electrons. The Hall–Kier alpha value is -2.33. The van der Waals surface area contributed by atoms with Gasteiger partial charge in [-0.25, -0.2) is 0 Å². The number of hydrogen-bond donors (Lipinski definition) is 2. The van der Waals surface area contributed by atoms with Gasteiger partial charge in [0.2, 0.25) is 0 Å². The van der Waals surface area contributed by atoms with Crippen molar-refractivity contribution in [1.82, 2.24) is 0 Å². The van der Waals surface area contributed by atoms with Gasteiger partial charge in [0.05, 0.1) is 17.9 Å². The van der Waals surface area contributed by atoms with Crippen molar-refractivity contribution in [3.8, 4) is 23.0 Å². The fraction of sp³-hybridized carbons (Fsp3) is 0. The summed E-state index contributed by atoms with van der Waals surface area (Å²) in [6, 6.07) is 21.0. The largest absolute Gasteiger partial charge is 0.455 e. The summed E-state index contributed by atoms with van der Waals surface area (Å²) in [5.74, 6) is 2.19. The molecule has 0 aliphatic rings. The predicted molar refractivity (Wildman–Crippen MR) is 149 cm³/mol. The molecule has 0 bridgehead atoms. The molecule has 0 heterocycles. The summed E-state index contributed by atoms with van der Waals surface area (Å²) in [6.45, 7) is 0. The zero-order valence-corrected chi connectivity index (χ0v) is 23.7. The van der Waals surface area contributed by atoms with Crippen molar-refractivity contribution in [3.63, 3.8) is 0 Å². The van der Waals surface area contributed by atoms with Crippen molar-refractivity contribution in [2.75, 3.05) is 11.5 Å². The summed E-state index contributed by atoms with van der Waals surface area (Å²) < 4.78 is 14.4. The Balaban J connectivity index is 1.59. The van der Waals surface area contributed by atoms with E-state index in [1.807, 2.05) is 0 Å². The molecule has 0 atom stereocenters. The first-order valence-electron chi connectivity index (χ1n) is 9.81. The number of anilines is 2. The maximum absolute atomic E-state index is 13.3. The van der Waals surface area contributed by atoms with Crippen molar-refractivity contribution in [1.29, 1.82) is 0 Å². The molecule has 0 spiro atoms. The second-order valence-corrected chi connectivity index (χ2v) is 10.6. The highest BCUT2D eigenvalue weighted by atomic mass is 79.9. The second kappa shape index (κ2) is 10.5. The van der Waals surface area contributed by atoms with Gasteiger partial charge in [0, 0.05) is 22.5 Å². The first kappa shape index (κ1) is 24.8. The Kier molecular flexibility index (Phi) is 7.67. The maximum Gasteiger partial charge on any atom is 0.193 e. The number of halogens is 4. The number of ether oxygens (including phenoxy) is 2. The van der Waals surface area contributed by atoms with Crippen molar-refractivity contribution >= 4 is 80.9 Å². The Labute approximate surface area is 230 Å². The van der Waals surface area contributed by atoms with E-state index in [0.717, 1.165) is 0 Å². The van der Waals surface area contributed by atoms with Crippen molar-refractivity contribution in [3.05, 3.63) is 102 Å². The lowest BCUT2D eigenvalue weighted by molar-refractivity contribution is 0.103. The molecule has 4 aromatic rings. The fourth-order valence-electron chi connectivity index (χ4n) is 3.05. The smallest absolute Gasteiger partial charge is 0.193 e. The number of ketones is 1. The summed E-state index contributed by atoms with van der Waals surface area (Å²) in [6.07, 6.45) is 0. The predicted octanol–water partition coefficient (Wildman–Crippen LogP) is 8.72. The Bertz CT molecular complexity index is 1220. The number of benzene rings is 4. The molecule has 0 saturated heterocycles. The molecular formula is C25H16Br4N2O3. The van der Waals surface area contributed by atoms with E-state index < -0.39 is 0 Å². The second-order valence-electron chi connectivity index (χ2n) is 7.21. The van der Waals surface area contributed by atoms with Crippen LogP contribution in [-0.2, 0) is 0 Å². The quantitative estimate of drug-likeness (QED) is 0.154. The highest BCUT2D eigenvalue weighted by Crippen LogP contribution is 2.41. The van der Waals surface area contributed by atoms with E-state index in [9.17, 15) is 4.79 Å². The lowest BCUT2D eigenvalue weighted by Crippen LogP contribution is -2.03. The standard InChI is InChI=1S/C25H16Br4N2O3/c26-19-9-13(10-20(27)24(19)33-17-5-1-15(30)2-6-17)23(32)14-11-21(28)25(22(29)12-14)34-18-7-3-16(31)4-8-18/h1-12H,30-31H2. The molecule has 0 aliphatic carbocycles. The Morgan fingerprint density at radius 3 is 1.15 bits per heavy atom. The third-order valence-electron chi connectivity index (χ3n) is 4.72. The molecule has 0 amide bonds. The van der Waals surface area contributed by atoms with Crippen LogP contribution < -0.4 is 20.9 Å². The van der Waals surface area contributed by atoms with Crippen LogP contribution in [0.15, 0.2) is 90.7 Å². The molecule has 172 valence electrons. The van der Waals surface area contributed by atoms with Crippen molar-refractivity contribution in [2.24, 2.45) is 0 Å². The molecular weight excluding hydrogens is 696 g/mol. The highest BCUT2D eigenvalue weighted by Gasteiger charge is 2.19. The van der Waals surface area contributed by atoms with E-state index >= 15 is 0 Å². The van der Waals surface area contributed by atoms with Gasteiger partial charge in [0.1, 0.15) is 11.5 Å². The zero-order valence-electron chi connectivity index (χ0n) is 17.3. The van der Waals surface area contributed by atoms with Crippen molar-refractivity contribution in [2.45, 2.75) is 0 Å². The van der Waals surface area contributed by atoms with E-state index in [-0.39, 0.29) is 5.78 Å². The van der Waals surface area contributed by atoms with Crippen molar-refractivity contribution < 1.29 is 14.3 Å². The molecule has 4 N–H and O–H groups in total. The van der Waals surface area contributed by atoms with Crippen LogP contribution in [0.5, 0.6) is 23.0 Å². The first-order chi connectivity index (χ1) is 16.2. The maximum atomic E-state index is 13.3. The third-order valence-corrected chi connectivity index (χ3v) is 7.08. The minimum Gasteiger partial charge on any atom is -0.455 e. The van der Waals surface area contributed by atoms with Crippen LogP contribution in [0.3, 0.4) is 0 Å². The lowest BCUT2D eigenvalue weighted by Gasteiger charge is -2.14. The highest BCUT2D eigenvalue weighted by molar-refractivity contribution is 9.11. The Morgan fingerprint density at radius 1 is 0.559 bits per heavy atom. The zero-order chi connectivity index (χ0) is 24.4. The summed E-state index contributed by atoms with van der Waals surface area (Å²) in [5, 5.41) is 0. The molecule has 4 rings (SSSR count). The van der Waals surface area contributed by atoms with Crippen LogP contribution in [0, 0.1) is 0 Å². The van der Waals surface area contributed by atoms with Gasteiger partial charge in [-0.3, -0.25) is 4.79 Å². The summed E-state index contributed by atoms with van der Waals surface area (Å²) in [7, 11) is 0. The van der Waals surface area contributed by atoms with Crippen LogP contribution in [-0.4, -0.2) is 5.78 Å². The van der Waals surface area contributed by atoms with Gasteiger partial charge in [-0.05, 0) is 137 Å². The van der Waals surface area contributed by atoms with E-state index in [1.165, 1.54) is 0 Å². The lowest BCUT2D eigenvalue weighted by atomic mass is 10.0. The third kappa shape index (κ3) is 5.66. The monoisotopic (exact) mass is 708 g/mol. The molecule has 0 saturated carbocycles. The van der Waals surface area contributed by atoms with Gasteiger partial charge in [0.15, 0.2) is 17.3 Å². The molecule has 4 aromatic carbocycles. The van der Waals surface area contributed by atoms with Gasteiger partial charge in [-0.1, -0.05) is 0 Å². The number of rotatable bonds is 6. The summed E-state index contributed by atoms with van der Waals surface area (Å²) in [5.41, 5.74) is 13.7. The normalized spacial score (nSPS) is 10.7. The summed E-state index contributed by atoms with van der Waals surface area (Å²) in [4.78, 5) is 13.3. The molecule has 9 heteroatoms. The van der Waals surface area contributed by atoms with E-state index in [1.54, 1.807) is 72.8 Å². The Morgan fingerprint density at radius 2 is 0.853 bits per heavy atom. The molecule has 0 unspecified atom stereocenters. The average Bonchev–Trinajstić information content (AvgIpc) is 2.80. The van der Waals surface area contributed by atoms with E-state index in [2.05, 4.69) is 63.7 Å². The topological polar surface area (TPSA) is 87.6 Å². The SMILES string of the molecule is Nc1ccc(Oc2c(Br)cc(C(=O)c3cc(Br)c(Oc4ccc(N)cc4)c(Br)c3)cc2Br)cc1. The van der Waals surface area contributed by atoms with Crippen LogP contribution in [0.4, 0.5) is 11.4 Å². The molecule has 0 fully saturated rings. The van der Waals surface area contributed by atoms with Gasteiger partial charge < -0.3 is 20.9 Å². The number of nitrogen functional groups attached to an aromatic ring is 2. The molecule has 0 aliphatic heterocycles. The number of carbonyl (C=O) groups excluding carboxylic acids is 1. The number of nitrogens with two attached hydrogens (primary N) is 2. The van der Waals surface area contributed by atoms with Gasteiger partial charge in [-0.2, -0.15) is 0 Å². The van der Waals surface area contributed by atoms with Crippen LogP contribution in [0.2, 0.25) is 0 Å². The number of hydrogen-bond acceptors (Lipinski definition) is 5. The fourth-order valence-corrected chi connectivity index (χ4v) is 5.75. The van der Waals surface area contributed by atoms with E-state index in [4.69, 9.17) is 20.9 Å². The minimum atomic E-state index is -0.166. The average molecular weight is 712 g/mol. The molecule has 34 heavy (non-hydrogen) atoms.